The topological polar surface area (TPSA) is 118 Å². The maximum Gasteiger partial charge on any atom is 0.407 e. The minimum absolute atomic E-state index is 0.0380. The molecule has 1 spiro atoms. The molecule has 2 aromatic heterocycles. The number of hydrogen-bond acceptors (Lipinski definition) is 7. The largest absolute Gasteiger partial charge is 0.507 e. The van der Waals surface area contributed by atoms with Crippen molar-refractivity contribution in [3.8, 4) is 27.4 Å². The van der Waals surface area contributed by atoms with Crippen molar-refractivity contribution in [1.29, 1.82) is 0 Å². The van der Waals surface area contributed by atoms with Gasteiger partial charge in [0.05, 0.1) is 11.8 Å². The lowest BCUT2D eigenvalue weighted by molar-refractivity contribution is 0.0710. The molecule has 5 rings (SSSR count). The molecule has 0 bridgehead atoms. The zero-order valence-electron chi connectivity index (χ0n) is 15.9. The Bertz CT molecular complexity index is 1060. The number of rotatable bonds is 3. The maximum atomic E-state index is 14.8. The lowest BCUT2D eigenvalue weighted by Gasteiger charge is -2.53. The zero-order chi connectivity index (χ0) is 20.9. The molecular formula is C19H19FN6O3S. The van der Waals surface area contributed by atoms with Gasteiger partial charge in [-0.1, -0.05) is 11.3 Å². The van der Waals surface area contributed by atoms with Gasteiger partial charge in [0.2, 0.25) is 5.13 Å². The number of aromatic amines is 1. The Kier molecular flexibility index (Phi) is 4.35. The van der Waals surface area contributed by atoms with Crippen LogP contribution in [-0.4, -0.2) is 67.8 Å². The van der Waals surface area contributed by atoms with E-state index in [1.54, 1.807) is 12.4 Å². The molecule has 0 radical (unpaired) electrons. The number of nitrogens with one attached hydrogen (secondary N) is 1. The molecule has 4 heterocycles. The van der Waals surface area contributed by atoms with Crippen molar-refractivity contribution in [2.24, 2.45) is 5.41 Å². The molecule has 156 valence electrons. The third-order valence-electron chi connectivity index (χ3n) is 5.95. The molecule has 0 unspecified atom stereocenters. The number of anilines is 1. The molecule has 2 saturated heterocycles. The van der Waals surface area contributed by atoms with Crippen molar-refractivity contribution >= 4 is 22.6 Å². The van der Waals surface area contributed by atoms with Crippen LogP contribution in [0.2, 0.25) is 0 Å². The maximum absolute atomic E-state index is 14.8. The molecule has 2 aliphatic heterocycles. The number of carbonyl (C=O) groups is 1. The average Bonchev–Trinajstić information content (AvgIpc) is 3.38. The highest BCUT2D eigenvalue weighted by atomic mass is 32.1. The normalized spacial score (nSPS) is 17.9. The van der Waals surface area contributed by atoms with Gasteiger partial charge in [-0.3, -0.25) is 5.10 Å². The van der Waals surface area contributed by atoms with Crippen LogP contribution in [0.25, 0.3) is 21.7 Å². The van der Waals surface area contributed by atoms with Crippen LogP contribution in [0.4, 0.5) is 14.3 Å². The van der Waals surface area contributed by atoms with Crippen molar-refractivity contribution in [3.63, 3.8) is 0 Å². The number of phenols is 1. The first-order valence-corrected chi connectivity index (χ1v) is 10.3. The lowest BCUT2D eigenvalue weighted by Crippen LogP contribution is -2.60. The molecular weight excluding hydrogens is 411 g/mol. The van der Waals surface area contributed by atoms with Crippen LogP contribution >= 0.6 is 11.3 Å². The quantitative estimate of drug-likeness (QED) is 0.584. The van der Waals surface area contributed by atoms with Crippen LogP contribution in [0.1, 0.15) is 12.8 Å². The first-order chi connectivity index (χ1) is 14.4. The van der Waals surface area contributed by atoms with E-state index in [0.29, 0.717) is 34.4 Å². The van der Waals surface area contributed by atoms with E-state index in [4.69, 9.17) is 5.11 Å². The van der Waals surface area contributed by atoms with Gasteiger partial charge in [-0.2, -0.15) is 5.10 Å². The van der Waals surface area contributed by atoms with E-state index in [9.17, 15) is 14.3 Å². The summed E-state index contributed by atoms with van der Waals surface area (Å²) in [6.07, 6.45) is 3.96. The molecule has 9 nitrogen and oxygen atoms in total. The van der Waals surface area contributed by atoms with Gasteiger partial charge in [-0.15, -0.1) is 10.2 Å². The number of phenolic OH excluding ortho intramolecular Hbond substituents is 1. The van der Waals surface area contributed by atoms with Gasteiger partial charge in [0, 0.05) is 43.4 Å². The number of aromatic nitrogens is 4. The number of likely N-dealkylation sites (tertiary alicyclic amines) is 1. The predicted octanol–water partition coefficient (Wildman–Crippen LogP) is 3.02. The minimum Gasteiger partial charge on any atom is -0.507 e. The molecule has 1 aromatic carbocycles. The Labute approximate surface area is 174 Å². The zero-order valence-corrected chi connectivity index (χ0v) is 16.7. The summed E-state index contributed by atoms with van der Waals surface area (Å²) in [6, 6.07) is 2.83. The molecule has 0 saturated carbocycles. The predicted molar refractivity (Wildman–Crippen MR) is 108 cm³/mol. The van der Waals surface area contributed by atoms with E-state index < -0.39 is 11.9 Å². The second-order valence-corrected chi connectivity index (χ2v) is 8.81. The molecule has 3 aromatic rings. The standard InChI is InChI=1S/C19H19FN6O3S/c20-13-5-11(12-7-21-22-8-12)6-14(27)15(13)16-23-24-17(30-16)26-9-19(10-26)1-3-25(4-2-19)18(28)29/h5-8,27H,1-4,9-10H2,(H,21,22)(H,28,29). The Morgan fingerprint density at radius 1 is 1.20 bits per heavy atom. The Hall–Kier alpha value is -3.21. The smallest absolute Gasteiger partial charge is 0.407 e. The number of benzene rings is 1. The van der Waals surface area contributed by atoms with Crippen molar-refractivity contribution in [2.45, 2.75) is 12.8 Å². The van der Waals surface area contributed by atoms with Crippen LogP contribution in [0.15, 0.2) is 24.5 Å². The van der Waals surface area contributed by atoms with Crippen LogP contribution in [0, 0.1) is 11.2 Å². The van der Waals surface area contributed by atoms with Gasteiger partial charge in [0.15, 0.2) is 5.01 Å². The number of piperidine rings is 1. The second kappa shape index (κ2) is 6.94. The van der Waals surface area contributed by atoms with E-state index in [1.807, 2.05) is 0 Å². The summed E-state index contributed by atoms with van der Waals surface area (Å²) in [5.41, 5.74) is 1.34. The fourth-order valence-electron chi connectivity index (χ4n) is 4.21. The highest BCUT2D eigenvalue weighted by Crippen LogP contribution is 2.45. The van der Waals surface area contributed by atoms with Crippen molar-refractivity contribution in [2.75, 3.05) is 31.1 Å². The number of H-pyrrole nitrogens is 1. The summed E-state index contributed by atoms with van der Waals surface area (Å²) >= 11 is 1.24. The summed E-state index contributed by atoms with van der Waals surface area (Å²) < 4.78 is 14.8. The van der Waals surface area contributed by atoms with Crippen LogP contribution in [0.5, 0.6) is 5.75 Å². The Balaban J connectivity index is 1.31. The molecule has 2 aliphatic rings. The van der Waals surface area contributed by atoms with Gasteiger partial charge < -0.3 is 20.0 Å². The van der Waals surface area contributed by atoms with E-state index >= 15 is 0 Å². The van der Waals surface area contributed by atoms with E-state index in [2.05, 4.69) is 25.3 Å². The third kappa shape index (κ3) is 3.15. The molecule has 0 aliphatic carbocycles. The number of hydrogen-bond donors (Lipinski definition) is 3. The van der Waals surface area contributed by atoms with E-state index in [0.717, 1.165) is 25.9 Å². The molecule has 2 fully saturated rings. The summed E-state index contributed by atoms with van der Waals surface area (Å²) in [4.78, 5) is 14.6. The molecule has 1 amide bonds. The van der Waals surface area contributed by atoms with Crippen LogP contribution in [-0.2, 0) is 0 Å². The van der Waals surface area contributed by atoms with Crippen LogP contribution in [0.3, 0.4) is 0 Å². The summed E-state index contributed by atoms with van der Waals surface area (Å²) in [5, 5.41) is 35.3. The fraction of sp³-hybridized carbons (Fsp3) is 0.368. The van der Waals surface area contributed by atoms with Gasteiger partial charge >= 0.3 is 6.09 Å². The highest BCUT2D eigenvalue weighted by molar-refractivity contribution is 7.18. The van der Waals surface area contributed by atoms with Crippen LogP contribution < -0.4 is 4.90 Å². The Morgan fingerprint density at radius 3 is 2.60 bits per heavy atom. The molecule has 11 heteroatoms. The van der Waals surface area contributed by atoms with Crippen molar-refractivity contribution < 1.29 is 19.4 Å². The van der Waals surface area contributed by atoms with Gasteiger partial charge in [0.1, 0.15) is 11.6 Å². The fourth-order valence-corrected chi connectivity index (χ4v) is 5.11. The number of amides is 1. The van der Waals surface area contributed by atoms with E-state index in [-0.39, 0.29) is 16.7 Å². The molecule has 30 heavy (non-hydrogen) atoms. The van der Waals surface area contributed by atoms with Gasteiger partial charge in [-0.25, -0.2) is 9.18 Å². The first-order valence-electron chi connectivity index (χ1n) is 9.52. The SMILES string of the molecule is O=C(O)N1CCC2(CC1)CN(c1nnc(-c3c(O)cc(-c4cn[nH]c4)cc3F)s1)C2. The average molecular weight is 430 g/mol. The highest BCUT2D eigenvalue weighted by Gasteiger charge is 2.46. The number of carboxylic acid groups (broad SMARTS) is 1. The second-order valence-electron chi connectivity index (χ2n) is 7.85. The minimum atomic E-state index is -0.865. The summed E-state index contributed by atoms with van der Waals surface area (Å²) in [5.74, 6) is -0.773. The monoisotopic (exact) mass is 430 g/mol. The number of halogens is 1. The Morgan fingerprint density at radius 2 is 1.97 bits per heavy atom. The lowest BCUT2D eigenvalue weighted by atomic mass is 9.72. The first kappa shape index (κ1) is 18.8. The van der Waals surface area contributed by atoms with Crippen molar-refractivity contribution in [1.82, 2.24) is 25.3 Å². The molecule has 3 N–H and O–H groups in total. The third-order valence-corrected chi connectivity index (χ3v) is 6.95. The number of nitrogens with zero attached hydrogens (tertiary/aromatic N) is 5. The van der Waals surface area contributed by atoms with Gasteiger partial charge in [-0.05, 0) is 30.5 Å². The summed E-state index contributed by atoms with van der Waals surface area (Å²) in [7, 11) is 0. The number of aromatic hydroxyl groups is 1. The van der Waals surface area contributed by atoms with E-state index in [1.165, 1.54) is 28.4 Å². The summed E-state index contributed by atoms with van der Waals surface area (Å²) in [6.45, 7) is 2.66. The van der Waals surface area contributed by atoms with Crippen molar-refractivity contribution in [3.05, 3.63) is 30.3 Å². The van der Waals surface area contributed by atoms with Gasteiger partial charge in [0.25, 0.3) is 0 Å². The molecule has 0 atom stereocenters.